The fourth-order valence-electron chi connectivity index (χ4n) is 3.38. The van der Waals surface area contributed by atoms with Gasteiger partial charge in [0.15, 0.2) is 11.5 Å². The average Bonchev–Trinajstić information content (AvgIpc) is 2.92. The van der Waals surface area contributed by atoms with Crippen LogP contribution in [0.1, 0.15) is 43.8 Å². The minimum absolute atomic E-state index is 0.317. The molecule has 1 saturated carbocycles. The zero-order valence-corrected chi connectivity index (χ0v) is 13.1. The first kappa shape index (κ1) is 14.7. The maximum absolute atomic E-state index is 9.19. The predicted octanol–water partition coefficient (Wildman–Crippen LogP) is 3.62. The number of nitrogens with zero attached hydrogens (tertiary/aromatic N) is 3. The molecule has 1 aromatic heterocycles. The molecule has 5 heteroatoms. The second-order valence-corrected chi connectivity index (χ2v) is 5.75. The number of ether oxygens (including phenoxy) is 2. The quantitative estimate of drug-likeness (QED) is 0.865. The van der Waals surface area contributed by atoms with Crippen LogP contribution in [-0.4, -0.2) is 23.8 Å². The molecule has 0 saturated heterocycles. The van der Waals surface area contributed by atoms with Gasteiger partial charge in [0.25, 0.3) is 0 Å². The lowest BCUT2D eigenvalue weighted by Gasteiger charge is -2.21. The molecule has 0 bridgehead atoms. The summed E-state index contributed by atoms with van der Waals surface area (Å²) in [4.78, 5) is 4.82. The van der Waals surface area contributed by atoms with Crippen LogP contribution in [0.5, 0.6) is 11.5 Å². The number of hydrogen-bond donors (Lipinski definition) is 0. The lowest BCUT2D eigenvalue weighted by molar-refractivity contribution is 0.355. The van der Waals surface area contributed by atoms with E-state index in [0.717, 1.165) is 29.7 Å². The fourth-order valence-corrected chi connectivity index (χ4v) is 3.38. The second-order valence-electron chi connectivity index (χ2n) is 5.75. The molecule has 22 heavy (non-hydrogen) atoms. The highest BCUT2D eigenvalue weighted by atomic mass is 16.5. The second kappa shape index (κ2) is 6.27. The summed E-state index contributed by atoms with van der Waals surface area (Å²) >= 11 is 0. The summed E-state index contributed by atoms with van der Waals surface area (Å²) in [5.41, 5.74) is 1.81. The Morgan fingerprint density at radius 2 is 1.86 bits per heavy atom. The summed E-state index contributed by atoms with van der Waals surface area (Å²) < 4.78 is 12.8. The molecule has 0 unspecified atom stereocenters. The van der Waals surface area contributed by atoms with E-state index in [1.165, 1.54) is 19.3 Å². The van der Waals surface area contributed by atoms with E-state index >= 15 is 0 Å². The van der Waals surface area contributed by atoms with Crippen molar-refractivity contribution < 1.29 is 9.47 Å². The van der Waals surface area contributed by atoms with Gasteiger partial charge in [-0.25, -0.2) is 4.98 Å². The highest BCUT2D eigenvalue weighted by molar-refractivity contribution is 5.81. The molecule has 0 amide bonds. The molecule has 1 heterocycles. The van der Waals surface area contributed by atoms with Crippen molar-refractivity contribution in [2.45, 2.75) is 44.6 Å². The van der Waals surface area contributed by atoms with Crippen molar-refractivity contribution >= 4 is 11.0 Å². The summed E-state index contributed by atoms with van der Waals surface area (Å²) in [7, 11) is 3.24. The van der Waals surface area contributed by atoms with Gasteiger partial charge in [-0.15, -0.1) is 0 Å². The van der Waals surface area contributed by atoms with Crippen LogP contribution in [0.3, 0.4) is 0 Å². The van der Waals surface area contributed by atoms with E-state index in [2.05, 4.69) is 6.07 Å². The number of methoxy groups -OCH3 is 2. The first-order chi connectivity index (χ1) is 10.8. The largest absolute Gasteiger partial charge is 0.493 e. The Labute approximate surface area is 130 Å². The number of rotatable bonds is 4. The van der Waals surface area contributed by atoms with Gasteiger partial charge >= 0.3 is 0 Å². The van der Waals surface area contributed by atoms with E-state index in [1.54, 1.807) is 14.2 Å². The van der Waals surface area contributed by atoms with E-state index in [0.29, 0.717) is 24.0 Å². The fraction of sp³-hybridized carbons (Fsp3) is 0.529. The molecule has 1 aliphatic carbocycles. The van der Waals surface area contributed by atoms with Gasteiger partial charge < -0.3 is 14.0 Å². The molecule has 1 aliphatic rings. The molecule has 1 fully saturated rings. The Morgan fingerprint density at radius 3 is 2.50 bits per heavy atom. The van der Waals surface area contributed by atoms with E-state index in [9.17, 15) is 5.26 Å². The third-order valence-corrected chi connectivity index (χ3v) is 4.48. The average molecular weight is 299 g/mol. The maximum atomic E-state index is 9.19. The van der Waals surface area contributed by atoms with Crippen molar-refractivity contribution in [3.63, 3.8) is 0 Å². The summed E-state index contributed by atoms with van der Waals surface area (Å²) in [6, 6.07) is 6.08. The van der Waals surface area contributed by atoms with Gasteiger partial charge in [0, 0.05) is 18.1 Å². The number of nitriles is 1. The molecule has 0 spiro atoms. The lowest BCUT2D eigenvalue weighted by atomic mass is 9.88. The van der Waals surface area contributed by atoms with E-state index < -0.39 is 0 Å². The third kappa shape index (κ3) is 2.50. The van der Waals surface area contributed by atoms with E-state index in [1.807, 2.05) is 16.7 Å². The summed E-state index contributed by atoms with van der Waals surface area (Å²) in [6.07, 6.45) is 6.10. The zero-order valence-electron chi connectivity index (χ0n) is 13.1. The molecule has 0 atom stereocenters. The van der Waals surface area contributed by atoms with Gasteiger partial charge in [-0.05, 0) is 12.8 Å². The highest BCUT2D eigenvalue weighted by Gasteiger charge is 2.23. The van der Waals surface area contributed by atoms with Crippen LogP contribution in [0.25, 0.3) is 11.0 Å². The first-order valence-electron chi connectivity index (χ1n) is 7.77. The topological polar surface area (TPSA) is 60.1 Å². The van der Waals surface area contributed by atoms with Crippen LogP contribution in [0, 0.1) is 11.3 Å². The minimum atomic E-state index is 0.317. The Morgan fingerprint density at radius 1 is 1.18 bits per heavy atom. The number of aromatic nitrogens is 2. The van der Waals surface area contributed by atoms with Crippen LogP contribution >= 0.6 is 0 Å². The Bertz CT molecular complexity index is 709. The Balaban J connectivity index is 2.15. The minimum Gasteiger partial charge on any atom is -0.493 e. The van der Waals surface area contributed by atoms with Gasteiger partial charge in [0.05, 0.1) is 31.3 Å². The SMILES string of the molecule is COc1cc2nc(C3CCCCC3)n(CC#N)c2cc1OC. The number of benzene rings is 1. The van der Waals surface area contributed by atoms with Crippen LogP contribution in [0.4, 0.5) is 0 Å². The highest BCUT2D eigenvalue weighted by Crippen LogP contribution is 2.37. The summed E-state index contributed by atoms with van der Waals surface area (Å²) in [5, 5.41) is 9.19. The van der Waals surface area contributed by atoms with Crippen LogP contribution in [0.15, 0.2) is 12.1 Å². The third-order valence-electron chi connectivity index (χ3n) is 4.48. The molecular formula is C17H21N3O2. The smallest absolute Gasteiger partial charge is 0.163 e. The molecule has 3 rings (SSSR count). The van der Waals surface area contributed by atoms with Crippen molar-refractivity contribution in [2.24, 2.45) is 0 Å². The van der Waals surface area contributed by atoms with Crippen molar-refractivity contribution in [2.75, 3.05) is 14.2 Å². The molecule has 5 nitrogen and oxygen atoms in total. The lowest BCUT2D eigenvalue weighted by Crippen LogP contribution is -2.12. The molecule has 2 aromatic rings. The molecule has 116 valence electrons. The van der Waals surface area contributed by atoms with Gasteiger partial charge in [-0.3, -0.25) is 0 Å². The summed E-state index contributed by atoms with van der Waals surface area (Å²) in [6.45, 7) is 0.317. The molecule has 0 aliphatic heterocycles. The van der Waals surface area contributed by atoms with E-state index in [4.69, 9.17) is 14.5 Å². The Kier molecular flexibility index (Phi) is 4.19. The molecule has 0 N–H and O–H groups in total. The van der Waals surface area contributed by atoms with E-state index in [-0.39, 0.29) is 0 Å². The van der Waals surface area contributed by atoms with Gasteiger partial charge in [-0.2, -0.15) is 5.26 Å². The van der Waals surface area contributed by atoms with Crippen LogP contribution in [0.2, 0.25) is 0 Å². The van der Waals surface area contributed by atoms with Crippen molar-refractivity contribution in [3.8, 4) is 17.6 Å². The van der Waals surface area contributed by atoms with Gasteiger partial charge in [0.1, 0.15) is 12.4 Å². The van der Waals surface area contributed by atoms with Crippen LogP contribution < -0.4 is 9.47 Å². The molecule has 1 aromatic carbocycles. The number of imidazole rings is 1. The maximum Gasteiger partial charge on any atom is 0.163 e. The zero-order chi connectivity index (χ0) is 15.5. The van der Waals surface area contributed by atoms with Crippen molar-refractivity contribution in [1.82, 2.24) is 9.55 Å². The first-order valence-corrected chi connectivity index (χ1v) is 7.77. The van der Waals surface area contributed by atoms with Crippen molar-refractivity contribution in [1.29, 1.82) is 5.26 Å². The van der Waals surface area contributed by atoms with Crippen LogP contribution in [-0.2, 0) is 6.54 Å². The summed E-state index contributed by atoms with van der Waals surface area (Å²) in [5.74, 6) is 2.83. The Hall–Kier alpha value is -2.22. The monoisotopic (exact) mass is 299 g/mol. The number of fused-ring (bicyclic) bond motifs is 1. The molecular weight excluding hydrogens is 278 g/mol. The van der Waals surface area contributed by atoms with Gasteiger partial charge in [0.2, 0.25) is 0 Å². The van der Waals surface area contributed by atoms with Crippen molar-refractivity contribution in [3.05, 3.63) is 18.0 Å². The standard InChI is InChI=1S/C17H21N3O2/c1-21-15-10-13-14(11-16(15)22-2)20(9-8-18)17(19-13)12-6-4-3-5-7-12/h10-12H,3-7,9H2,1-2H3. The normalized spacial score (nSPS) is 15.7. The molecule has 0 radical (unpaired) electrons. The van der Waals surface area contributed by atoms with Gasteiger partial charge in [-0.1, -0.05) is 19.3 Å². The number of hydrogen-bond acceptors (Lipinski definition) is 4. The predicted molar refractivity (Wildman–Crippen MR) is 84.3 cm³/mol.